The van der Waals surface area contributed by atoms with Crippen molar-refractivity contribution in [2.45, 2.75) is 91.9 Å². The van der Waals surface area contributed by atoms with Crippen LogP contribution in [0.1, 0.15) is 104 Å². The van der Waals surface area contributed by atoms with Crippen LogP contribution in [0.25, 0.3) is 94.6 Å². The molecule has 7 nitrogen and oxygen atoms in total. The van der Waals surface area contributed by atoms with Gasteiger partial charge in [0.1, 0.15) is 0 Å². The third kappa shape index (κ3) is 8.57. The summed E-state index contributed by atoms with van der Waals surface area (Å²) in [6, 6.07) is 53.1. The van der Waals surface area contributed by atoms with Crippen molar-refractivity contribution in [3.8, 4) is 39.5 Å². The van der Waals surface area contributed by atoms with Crippen LogP contribution in [-0.4, -0.2) is 24.5 Å². The molecule has 0 bridgehead atoms. The quantitative estimate of drug-likeness (QED) is 0.154. The Morgan fingerprint density at radius 2 is 1.32 bits per heavy atom. The van der Waals surface area contributed by atoms with Crippen LogP contribution >= 0.6 is 0 Å². The van der Waals surface area contributed by atoms with Crippen molar-refractivity contribution < 1.29 is 28.9 Å². The summed E-state index contributed by atoms with van der Waals surface area (Å²) in [6.07, 6.45) is 1.95. The van der Waals surface area contributed by atoms with Gasteiger partial charge in [-0.2, -0.15) is 9.97 Å². The van der Waals surface area contributed by atoms with Gasteiger partial charge < -0.3 is 18.4 Å². The molecular weight excluding hydrogens is 1010 g/mol. The van der Waals surface area contributed by atoms with Crippen LogP contribution in [0.2, 0.25) is 0 Å². The molecule has 0 atom stereocenters. The first-order valence-corrected chi connectivity index (χ1v) is 23.3. The Morgan fingerprint density at radius 3 is 1.99 bits per heavy atom. The first-order chi connectivity index (χ1) is 32.1. The summed E-state index contributed by atoms with van der Waals surface area (Å²) in [5, 5.41) is 4.11. The number of furan rings is 1. The van der Waals surface area contributed by atoms with Crippen LogP contribution in [-0.2, 0) is 30.9 Å². The van der Waals surface area contributed by atoms with Gasteiger partial charge in [-0.05, 0) is 80.4 Å². The average molecular weight is 1070 g/mol. The zero-order valence-electron chi connectivity index (χ0n) is 40.3. The van der Waals surface area contributed by atoms with Crippen LogP contribution in [0.15, 0.2) is 148 Å². The second-order valence-corrected chi connectivity index (χ2v) is 20.2. The van der Waals surface area contributed by atoms with Crippen LogP contribution in [0.3, 0.4) is 0 Å². The summed E-state index contributed by atoms with van der Waals surface area (Å²) in [5.74, 6) is 1.89. The van der Waals surface area contributed by atoms with Gasteiger partial charge in [-0.15, -0.1) is 54.1 Å². The Morgan fingerprint density at radius 1 is 0.603 bits per heavy atom. The number of benzene rings is 6. The number of oxazole rings is 1. The molecule has 11 aromatic rings. The molecule has 11 rings (SSSR count). The van der Waals surface area contributed by atoms with Gasteiger partial charge in [0.05, 0.1) is 22.4 Å². The Kier molecular flexibility index (Phi) is 12.3. The van der Waals surface area contributed by atoms with Crippen molar-refractivity contribution in [2.75, 3.05) is 0 Å². The second kappa shape index (κ2) is 18.1. The molecule has 0 N–H and O–H groups in total. The van der Waals surface area contributed by atoms with Gasteiger partial charge in [-0.1, -0.05) is 153 Å². The molecule has 6 aromatic carbocycles. The Labute approximate surface area is 412 Å². The minimum atomic E-state index is -0.238. The van der Waals surface area contributed by atoms with Gasteiger partial charge in [0.2, 0.25) is 17.3 Å². The van der Waals surface area contributed by atoms with Crippen LogP contribution in [0.4, 0.5) is 0 Å². The smallest absolute Gasteiger partial charge is 0.218 e. The topological polar surface area (TPSA) is 82.8 Å². The minimum Gasteiger partial charge on any atom is -0.486 e. The first kappa shape index (κ1) is 46.4. The number of pyridine rings is 2. The molecule has 0 unspecified atom stereocenters. The summed E-state index contributed by atoms with van der Waals surface area (Å²) in [7, 11) is 0. The van der Waals surface area contributed by atoms with Crippen LogP contribution < -0.4 is 0 Å². The van der Waals surface area contributed by atoms with E-state index in [1.54, 1.807) is 0 Å². The predicted molar refractivity (Wildman–Crippen MR) is 275 cm³/mol. The molecule has 0 saturated carbocycles. The molecule has 343 valence electrons. The Bertz CT molecular complexity index is 3560. The van der Waals surface area contributed by atoms with E-state index < -0.39 is 0 Å². The first-order valence-electron chi connectivity index (χ1n) is 23.3. The SMILES string of the molecule is CC(C)(C)c1ccc(-c2[c-]cccc2)nc1.CC(C)c1cc(-c2ccccc2)cc(C(C)C)c1-n1c(-c2[c-]ccc3c2oc2nc4nc(C(C)(C)C)oc4cc23)nc2ccc3ccccc3c21.[Ir]. The molecule has 68 heavy (non-hydrogen) atoms. The number of imidazole rings is 1. The van der Waals surface area contributed by atoms with Crippen molar-refractivity contribution in [1.29, 1.82) is 0 Å². The molecule has 5 aromatic heterocycles. The summed E-state index contributed by atoms with van der Waals surface area (Å²) < 4.78 is 15.3. The van der Waals surface area contributed by atoms with Crippen molar-refractivity contribution in [1.82, 2.24) is 24.5 Å². The third-order valence-electron chi connectivity index (χ3n) is 12.6. The van der Waals surface area contributed by atoms with Gasteiger partial charge >= 0.3 is 0 Å². The third-order valence-corrected chi connectivity index (χ3v) is 12.6. The fraction of sp³-hybridized carbons (Fsp3) is 0.233. The van der Waals surface area contributed by atoms with Gasteiger partial charge in [-0.25, -0.2) is 0 Å². The fourth-order valence-electron chi connectivity index (χ4n) is 8.89. The van der Waals surface area contributed by atoms with Gasteiger partial charge in [0.15, 0.2) is 5.58 Å². The van der Waals surface area contributed by atoms with E-state index in [-0.39, 0.29) is 42.8 Å². The van der Waals surface area contributed by atoms with E-state index in [0.717, 1.165) is 60.9 Å². The largest absolute Gasteiger partial charge is 0.486 e. The monoisotopic (exact) mass is 1070 g/mol. The molecule has 8 heteroatoms. The van der Waals surface area contributed by atoms with Crippen molar-refractivity contribution in [3.63, 3.8) is 0 Å². The Balaban J connectivity index is 0.000000289. The molecule has 0 fully saturated rings. The molecule has 1 radical (unpaired) electrons. The minimum absolute atomic E-state index is 0. The maximum absolute atomic E-state index is 6.67. The normalized spacial score (nSPS) is 12.1. The molecule has 0 aliphatic heterocycles. The summed E-state index contributed by atoms with van der Waals surface area (Å²) >= 11 is 0. The summed E-state index contributed by atoms with van der Waals surface area (Å²) in [6.45, 7) is 21.9. The van der Waals surface area contributed by atoms with Crippen molar-refractivity contribution in [3.05, 3.63) is 174 Å². The van der Waals surface area contributed by atoms with Gasteiger partial charge in [0.25, 0.3) is 0 Å². The summed E-state index contributed by atoms with van der Waals surface area (Å²) in [5.41, 5.74) is 14.4. The number of fused-ring (bicyclic) bond motifs is 7. The van der Waals surface area contributed by atoms with E-state index in [4.69, 9.17) is 23.8 Å². The van der Waals surface area contributed by atoms with Gasteiger partial charge in [0, 0.05) is 48.2 Å². The van der Waals surface area contributed by atoms with Crippen molar-refractivity contribution in [2.24, 2.45) is 0 Å². The number of hydrogen-bond acceptors (Lipinski definition) is 6. The zero-order chi connectivity index (χ0) is 46.8. The molecule has 0 amide bonds. The second-order valence-electron chi connectivity index (χ2n) is 20.2. The maximum atomic E-state index is 6.67. The van der Waals surface area contributed by atoms with E-state index in [9.17, 15) is 0 Å². The van der Waals surface area contributed by atoms with E-state index in [2.05, 4.69) is 182 Å². The summed E-state index contributed by atoms with van der Waals surface area (Å²) in [4.78, 5) is 19.5. The van der Waals surface area contributed by atoms with Crippen molar-refractivity contribution >= 4 is 55.1 Å². The molecule has 0 aliphatic carbocycles. The van der Waals surface area contributed by atoms with E-state index in [0.29, 0.717) is 28.4 Å². The van der Waals surface area contributed by atoms with Crippen LogP contribution in [0, 0.1) is 12.1 Å². The predicted octanol–water partition coefficient (Wildman–Crippen LogP) is 16.1. The van der Waals surface area contributed by atoms with E-state index in [1.165, 1.54) is 27.8 Å². The molecule has 0 saturated heterocycles. The molecular formula is C60H55IrN5O2-2. The van der Waals surface area contributed by atoms with Crippen LogP contribution in [0.5, 0.6) is 0 Å². The standard InChI is InChI=1S/C45H39N4O2.C15H16N.Ir/c1-25(2)33-22-29(27-14-9-8-10-15-27)23-34(26(3)4)38(33)49-39-30-17-12-11-16-28(30)20-21-36(39)46-42(49)32-19-13-18-31-35-24-37-41(47-43(35)51-40(31)32)48-44(50-37)45(5,6)7;1-15(2,3)13-9-10-14(16-11-13)12-7-5-4-6-8-12;/h8-18,20-26H,1-7H3;4-7,9-11H,1-3H3;/q2*-1;. The van der Waals surface area contributed by atoms with Gasteiger partial charge in [-0.3, -0.25) is 4.98 Å². The molecule has 0 aliphatic rings. The fourth-order valence-corrected chi connectivity index (χ4v) is 8.89. The maximum Gasteiger partial charge on any atom is 0.218 e. The Hall–Kier alpha value is -6.73. The van der Waals surface area contributed by atoms with E-state index >= 15 is 0 Å². The van der Waals surface area contributed by atoms with E-state index in [1.807, 2.05) is 48.7 Å². The number of hydrogen-bond donors (Lipinski definition) is 0. The number of rotatable bonds is 6. The number of nitrogens with zero attached hydrogens (tertiary/aromatic N) is 5. The average Bonchev–Trinajstić information content (AvgIpc) is 4.04. The number of aromatic nitrogens is 5. The molecule has 0 spiro atoms. The molecule has 5 heterocycles. The zero-order valence-corrected chi connectivity index (χ0v) is 42.7.